The van der Waals surface area contributed by atoms with Crippen molar-refractivity contribution in [1.29, 1.82) is 0 Å². The van der Waals surface area contributed by atoms with Crippen molar-refractivity contribution in [2.75, 3.05) is 32.1 Å². The highest BCUT2D eigenvalue weighted by Crippen LogP contribution is 2.42. The van der Waals surface area contributed by atoms with Gasteiger partial charge in [-0.25, -0.2) is 4.21 Å². The van der Waals surface area contributed by atoms with E-state index in [-0.39, 0.29) is 0 Å². The Kier molecular flexibility index (Phi) is 5.04. The molecule has 5 heteroatoms. The lowest BCUT2D eigenvalue weighted by Gasteiger charge is -2.33. The van der Waals surface area contributed by atoms with Crippen molar-refractivity contribution in [2.24, 2.45) is 0 Å². The van der Waals surface area contributed by atoms with E-state index >= 15 is 0 Å². The van der Waals surface area contributed by atoms with Gasteiger partial charge in [-0.3, -0.25) is 0 Å². The van der Waals surface area contributed by atoms with Gasteiger partial charge in [0, 0.05) is 6.54 Å². The van der Waals surface area contributed by atoms with Gasteiger partial charge in [0.1, 0.15) is 0 Å². The summed E-state index contributed by atoms with van der Waals surface area (Å²) >= 11 is 0. The maximum absolute atomic E-state index is 12.9. The second-order valence-corrected chi connectivity index (χ2v) is 7.87. The molecule has 2 aromatic carbocycles. The number of para-hydroxylation sites is 1. The number of hydrogen-bond donors (Lipinski definition) is 1. The van der Waals surface area contributed by atoms with Gasteiger partial charge in [-0.05, 0) is 63.8 Å². The lowest BCUT2D eigenvalue weighted by molar-refractivity contribution is 0.199. The molecule has 0 amide bonds. The van der Waals surface area contributed by atoms with Crippen molar-refractivity contribution < 1.29 is 9.32 Å². The van der Waals surface area contributed by atoms with Gasteiger partial charge >= 0.3 is 0 Å². The fourth-order valence-corrected chi connectivity index (χ4v) is 4.39. The van der Waals surface area contributed by atoms with Crippen LogP contribution in [-0.2, 0) is 10.8 Å². The second-order valence-electron chi connectivity index (χ2n) is 6.45. The number of rotatable bonds is 5. The summed E-state index contributed by atoms with van der Waals surface area (Å²) in [6.45, 7) is 3.60. The zero-order valence-corrected chi connectivity index (χ0v) is 15.2. The standard InChI is InChI=1S/C19H24N2O2S/c1-14(22)15-9-10-19-17(13-15)21(12-6-11-20(2)3)16-7-4-5-8-18(16)24(19)23/h4-5,7-10,13-14,22H,6,11-12H2,1-3H3/t14-,24+/m1/s1. The van der Waals surface area contributed by atoms with E-state index in [4.69, 9.17) is 0 Å². The summed E-state index contributed by atoms with van der Waals surface area (Å²) < 4.78 is 12.9. The number of fused-ring (bicyclic) bond motifs is 2. The number of anilines is 2. The second kappa shape index (κ2) is 7.05. The Morgan fingerprint density at radius 1 is 1.12 bits per heavy atom. The third-order valence-electron chi connectivity index (χ3n) is 4.30. The van der Waals surface area contributed by atoms with Crippen LogP contribution in [0, 0.1) is 0 Å². The van der Waals surface area contributed by atoms with E-state index in [1.807, 2.05) is 42.5 Å². The average molecular weight is 344 g/mol. The molecule has 0 aromatic heterocycles. The smallest absolute Gasteiger partial charge is 0.0892 e. The Morgan fingerprint density at radius 3 is 2.54 bits per heavy atom. The third-order valence-corrected chi connectivity index (χ3v) is 5.79. The molecule has 2 atom stereocenters. The van der Waals surface area contributed by atoms with Gasteiger partial charge < -0.3 is 14.9 Å². The molecular formula is C19H24N2O2S. The normalized spacial score (nSPS) is 17.5. The van der Waals surface area contributed by atoms with Crippen molar-refractivity contribution >= 4 is 22.2 Å². The van der Waals surface area contributed by atoms with E-state index < -0.39 is 16.9 Å². The van der Waals surface area contributed by atoms with Gasteiger partial charge in [0.2, 0.25) is 0 Å². The number of benzene rings is 2. The van der Waals surface area contributed by atoms with Gasteiger partial charge in [0.15, 0.2) is 0 Å². The summed E-state index contributed by atoms with van der Waals surface area (Å²) in [6.07, 6.45) is 0.469. The van der Waals surface area contributed by atoms with Gasteiger partial charge in [-0.15, -0.1) is 0 Å². The fourth-order valence-electron chi connectivity index (χ4n) is 3.03. The molecule has 1 N–H and O–H groups in total. The molecule has 3 rings (SSSR count). The monoisotopic (exact) mass is 344 g/mol. The number of hydrogen-bond acceptors (Lipinski definition) is 4. The summed E-state index contributed by atoms with van der Waals surface area (Å²) in [5.41, 5.74) is 2.80. The van der Waals surface area contributed by atoms with E-state index in [9.17, 15) is 9.32 Å². The zero-order valence-electron chi connectivity index (χ0n) is 14.4. The van der Waals surface area contributed by atoms with E-state index in [2.05, 4.69) is 23.9 Å². The van der Waals surface area contributed by atoms with E-state index in [0.717, 1.165) is 46.2 Å². The van der Waals surface area contributed by atoms with Crippen LogP contribution in [0.25, 0.3) is 0 Å². The average Bonchev–Trinajstić information content (AvgIpc) is 2.57. The lowest BCUT2D eigenvalue weighted by atomic mass is 10.1. The molecule has 2 aromatic rings. The predicted octanol–water partition coefficient (Wildman–Crippen LogP) is 3.31. The van der Waals surface area contributed by atoms with Crippen molar-refractivity contribution in [2.45, 2.75) is 29.2 Å². The highest BCUT2D eigenvalue weighted by Gasteiger charge is 2.28. The largest absolute Gasteiger partial charge is 0.389 e. The number of aliphatic hydroxyl groups excluding tert-OH is 1. The minimum atomic E-state index is -1.18. The first-order chi connectivity index (χ1) is 11.5. The lowest BCUT2D eigenvalue weighted by Crippen LogP contribution is -2.27. The van der Waals surface area contributed by atoms with Gasteiger partial charge in [0.25, 0.3) is 0 Å². The van der Waals surface area contributed by atoms with Crippen LogP contribution in [0.15, 0.2) is 52.3 Å². The van der Waals surface area contributed by atoms with Crippen LogP contribution < -0.4 is 4.90 Å². The first-order valence-corrected chi connectivity index (χ1v) is 9.39. The Bertz CT molecular complexity index is 759. The summed E-state index contributed by atoms with van der Waals surface area (Å²) in [4.78, 5) is 6.09. The highest BCUT2D eigenvalue weighted by atomic mass is 32.2. The quantitative estimate of drug-likeness (QED) is 0.904. The molecular weight excluding hydrogens is 320 g/mol. The summed E-state index contributed by atoms with van der Waals surface area (Å²) in [5, 5.41) is 9.92. The molecule has 0 fully saturated rings. The maximum Gasteiger partial charge on any atom is 0.0892 e. The zero-order chi connectivity index (χ0) is 17.3. The van der Waals surface area contributed by atoms with E-state index in [1.165, 1.54) is 0 Å². The third kappa shape index (κ3) is 3.24. The SMILES string of the molecule is C[C@@H](O)c1ccc2c(c1)N(CCCN(C)C)c1ccccc1[S@@]2=O. The van der Waals surface area contributed by atoms with E-state index in [0.29, 0.717) is 0 Å². The van der Waals surface area contributed by atoms with E-state index in [1.54, 1.807) is 6.92 Å². The fraction of sp³-hybridized carbons (Fsp3) is 0.368. The van der Waals surface area contributed by atoms with Gasteiger partial charge in [0.05, 0.1) is 38.1 Å². The molecule has 24 heavy (non-hydrogen) atoms. The Labute approximate surface area is 146 Å². The molecule has 0 saturated carbocycles. The van der Waals surface area contributed by atoms with Crippen molar-refractivity contribution in [1.82, 2.24) is 4.90 Å². The van der Waals surface area contributed by atoms with Crippen molar-refractivity contribution in [3.8, 4) is 0 Å². The number of nitrogens with zero attached hydrogens (tertiary/aromatic N) is 2. The molecule has 0 spiro atoms. The Hall–Kier alpha value is -1.69. The molecule has 0 bridgehead atoms. The first kappa shape index (κ1) is 17.1. The Morgan fingerprint density at radius 2 is 1.83 bits per heavy atom. The molecule has 4 nitrogen and oxygen atoms in total. The molecule has 0 saturated heterocycles. The first-order valence-electron chi connectivity index (χ1n) is 8.24. The van der Waals surface area contributed by atoms with Crippen LogP contribution in [0.2, 0.25) is 0 Å². The topological polar surface area (TPSA) is 43.8 Å². The van der Waals surface area contributed by atoms with Crippen LogP contribution in [0.1, 0.15) is 25.0 Å². The van der Waals surface area contributed by atoms with Gasteiger partial charge in [-0.2, -0.15) is 0 Å². The molecule has 128 valence electrons. The molecule has 1 aliphatic rings. The van der Waals surface area contributed by atoms with Crippen LogP contribution in [0.4, 0.5) is 11.4 Å². The Balaban J connectivity index is 2.05. The minimum absolute atomic E-state index is 0.537. The summed E-state index contributed by atoms with van der Waals surface area (Å²) in [6, 6.07) is 13.6. The molecule has 1 heterocycles. The van der Waals surface area contributed by atoms with Crippen molar-refractivity contribution in [3.63, 3.8) is 0 Å². The molecule has 0 radical (unpaired) electrons. The van der Waals surface area contributed by atoms with Crippen LogP contribution >= 0.6 is 0 Å². The summed E-state index contributed by atoms with van der Waals surface area (Å²) in [7, 11) is 2.96. The van der Waals surface area contributed by atoms with Crippen LogP contribution in [0.3, 0.4) is 0 Å². The van der Waals surface area contributed by atoms with Crippen LogP contribution in [0.5, 0.6) is 0 Å². The predicted molar refractivity (Wildman–Crippen MR) is 98.4 cm³/mol. The maximum atomic E-state index is 12.9. The van der Waals surface area contributed by atoms with Gasteiger partial charge in [-0.1, -0.05) is 18.2 Å². The van der Waals surface area contributed by atoms with Crippen molar-refractivity contribution in [3.05, 3.63) is 48.0 Å². The van der Waals surface area contributed by atoms with Crippen LogP contribution in [-0.4, -0.2) is 41.4 Å². The number of aliphatic hydroxyl groups is 1. The summed E-state index contributed by atoms with van der Waals surface area (Å²) in [5.74, 6) is 0. The highest BCUT2D eigenvalue weighted by molar-refractivity contribution is 7.85. The molecule has 1 aliphatic heterocycles. The molecule has 0 aliphatic carbocycles. The minimum Gasteiger partial charge on any atom is -0.389 e. The molecule has 0 unspecified atom stereocenters.